The Morgan fingerprint density at radius 3 is 2.60 bits per heavy atom. The highest BCUT2D eigenvalue weighted by molar-refractivity contribution is 6.32. The Kier molecular flexibility index (Phi) is 5.82. The van der Waals surface area contributed by atoms with Crippen LogP contribution in [0.25, 0.3) is 11.0 Å². The number of methoxy groups -OCH3 is 2. The van der Waals surface area contributed by atoms with Crippen LogP contribution < -0.4 is 20.1 Å². The van der Waals surface area contributed by atoms with Gasteiger partial charge in [-0.15, -0.1) is 0 Å². The van der Waals surface area contributed by atoms with Crippen molar-refractivity contribution in [3.05, 3.63) is 88.3 Å². The Hall–Kier alpha value is -4.04. The van der Waals surface area contributed by atoms with Gasteiger partial charge in [0.1, 0.15) is 17.3 Å². The smallest absolute Gasteiger partial charge is 0.255 e. The van der Waals surface area contributed by atoms with Crippen molar-refractivity contribution < 1.29 is 18.7 Å². The Bertz CT molecular complexity index is 1500. The third-order valence-corrected chi connectivity index (χ3v) is 6.26. The molecule has 0 aliphatic carbocycles. The molecule has 1 aromatic heterocycles. The van der Waals surface area contributed by atoms with Crippen LogP contribution >= 0.6 is 11.6 Å². The molecule has 9 heteroatoms. The van der Waals surface area contributed by atoms with E-state index < -0.39 is 17.8 Å². The van der Waals surface area contributed by atoms with Gasteiger partial charge in [-0.25, -0.2) is 9.37 Å². The first kappa shape index (κ1) is 22.7. The number of carbonyl (C=O) groups excluding carboxylic acids is 1. The normalized spacial score (nSPS) is 14.9. The zero-order valence-corrected chi connectivity index (χ0v) is 20.0. The number of ether oxygens (including phenoxy) is 2. The van der Waals surface area contributed by atoms with Crippen LogP contribution in [-0.2, 0) is 4.79 Å². The van der Waals surface area contributed by atoms with Crippen LogP contribution in [0, 0.1) is 5.82 Å². The SMILES string of the molecule is COc1cc(NC(=O)C2=C(C)Nc3nc4ccccc4n3[C@@H]2c2cccc(F)c2)c(OC)cc1Cl. The number of imidazole rings is 1. The lowest BCUT2D eigenvalue weighted by Gasteiger charge is -2.31. The molecule has 1 amide bonds. The largest absolute Gasteiger partial charge is 0.495 e. The number of amides is 1. The van der Waals surface area contributed by atoms with Gasteiger partial charge in [-0.05, 0) is 36.8 Å². The number of nitrogens with one attached hydrogen (secondary N) is 2. The zero-order chi connectivity index (χ0) is 24.7. The molecule has 7 nitrogen and oxygen atoms in total. The lowest BCUT2D eigenvalue weighted by Crippen LogP contribution is -2.31. The second-order valence-corrected chi connectivity index (χ2v) is 8.46. The highest BCUT2D eigenvalue weighted by atomic mass is 35.5. The van der Waals surface area contributed by atoms with E-state index in [9.17, 15) is 9.18 Å². The minimum atomic E-state index is -0.630. The molecule has 0 fully saturated rings. The molecule has 1 atom stereocenters. The summed E-state index contributed by atoms with van der Waals surface area (Å²) < 4.78 is 27.0. The number of halogens is 2. The number of hydrogen-bond acceptors (Lipinski definition) is 5. The van der Waals surface area contributed by atoms with Crippen LogP contribution in [0.2, 0.25) is 5.02 Å². The first-order valence-electron chi connectivity index (χ1n) is 10.8. The van der Waals surface area contributed by atoms with Crippen molar-refractivity contribution in [1.82, 2.24) is 9.55 Å². The van der Waals surface area contributed by atoms with Crippen LogP contribution in [0.3, 0.4) is 0 Å². The van der Waals surface area contributed by atoms with E-state index in [2.05, 4.69) is 15.6 Å². The summed E-state index contributed by atoms with van der Waals surface area (Å²) >= 11 is 6.22. The third-order valence-electron chi connectivity index (χ3n) is 5.96. The van der Waals surface area contributed by atoms with E-state index in [0.717, 1.165) is 11.0 Å². The van der Waals surface area contributed by atoms with Crippen molar-refractivity contribution in [2.75, 3.05) is 24.9 Å². The molecule has 2 heterocycles. The predicted molar refractivity (Wildman–Crippen MR) is 134 cm³/mol. The van der Waals surface area contributed by atoms with E-state index in [1.54, 1.807) is 31.2 Å². The van der Waals surface area contributed by atoms with Crippen LogP contribution in [-0.4, -0.2) is 29.7 Å². The van der Waals surface area contributed by atoms with Gasteiger partial charge in [-0.1, -0.05) is 35.9 Å². The molecule has 2 N–H and O–H groups in total. The number of aromatic nitrogens is 2. The summed E-state index contributed by atoms with van der Waals surface area (Å²) in [6, 6.07) is 16.4. The molecule has 0 bridgehead atoms. The summed E-state index contributed by atoms with van der Waals surface area (Å²) in [5.74, 6) is 0.547. The number of hydrogen-bond donors (Lipinski definition) is 2. The van der Waals surface area contributed by atoms with E-state index in [1.807, 2.05) is 28.8 Å². The summed E-state index contributed by atoms with van der Waals surface area (Å²) in [6.45, 7) is 1.80. The Balaban J connectivity index is 1.65. The molecule has 35 heavy (non-hydrogen) atoms. The van der Waals surface area contributed by atoms with E-state index in [0.29, 0.717) is 45.0 Å². The molecule has 0 radical (unpaired) electrons. The standard InChI is InChI=1S/C26H22ClFN4O3/c1-14-23(25(33)30-19-13-21(34-2)17(27)12-22(19)35-3)24(15-7-6-8-16(28)11-15)32-20-10-5-4-9-18(20)31-26(32)29-14/h4-13,24H,1-3H3,(H,29,31)(H,30,33)/t24-/m1/s1. The minimum absolute atomic E-state index is 0.351. The summed E-state index contributed by atoms with van der Waals surface area (Å²) in [6.07, 6.45) is 0. The quantitative estimate of drug-likeness (QED) is 0.369. The fraction of sp³-hybridized carbons (Fsp3) is 0.154. The van der Waals surface area contributed by atoms with Gasteiger partial charge >= 0.3 is 0 Å². The second-order valence-electron chi connectivity index (χ2n) is 8.06. The van der Waals surface area contributed by atoms with Gasteiger partial charge in [-0.2, -0.15) is 0 Å². The molecule has 5 rings (SSSR count). The Labute approximate surface area is 206 Å². The highest BCUT2D eigenvalue weighted by Crippen LogP contribution is 2.41. The van der Waals surface area contributed by atoms with Gasteiger partial charge in [0, 0.05) is 17.8 Å². The number of benzene rings is 3. The Morgan fingerprint density at radius 2 is 1.86 bits per heavy atom. The summed E-state index contributed by atoms with van der Waals surface area (Å²) in [5, 5.41) is 6.51. The number of para-hydroxylation sites is 2. The molecule has 0 saturated carbocycles. The maximum Gasteiger partial charge on any atom is 0.255 e. The van der Waals surface area contributed by atoms with E-state index in [-0.39, 0.29) is 0 Å². The molecule has 4 aromatic rings. The van der Waals surface area contributed by atoms with Crippen molar-refractivity contribution in [3.63, 3.8) is 0 Å². The predicted octanol–water partition coefficient (Wildman–Crippen LogP) is 5.77. The lowest BCUT2D eigenvalue weighted by atomic mass is 9.94. The second kappa shape index (κ2) is 8.96. The maximum absolute atomic E-state index is 14.3. The number of carbonyl (C=O) groups is 1. The van der Waals surface area contributed by atoms with Gasteiger partial charge in [0.05, 0.1) is 47.6 Å². The maximum atomic E-state index is 14.3. The summed E-state index contributed by atoms with van der Waals surface area (Å²) in [4.78, 5) is 18.5. The van der Waals surface area contributed by atoms with E-state index in [1.165, 1.54) is 26.4 Å². The minimum Gasteiger partial charge on any atom is -0.495 e. The molecule has 178 valence electrons. The fourth-order valence-corrected chi connectivity index (χ4v) is 4.63. The van der Waals surface area contributed by atoms with Crippen molar-refractivity contribution >= 4 is 40.2 Å². The zero-order valence-electron chi connectivity index (χ0n) is 19.2. The molecule has 0 spiro atoms. The van der Waals surface area contributed by atoms with Crippen molar-refractivity contribution in [3.8, 4) is 11.5 Å². The van der Waals surface area contributed by atoms with Gasteiger partial charge < -0.3 is 20.1 Å². The fourth-order valence-electron chi connectivity index (χ4n) is 4.40. The van der Waals surface area contributed by atoms with E-state index in [4.69, 9.17) is 21.1 Å². The van der Waals surface area contributed by atoms with Crippen molar-refractivity contribution in [1.29, 1.82) is 0 Å². The lowest BCUT2D eigenvalue weighted by molar-refractivity contribution is -0.113. The highest BCUT2D eigenvalue weighted by Gasteiger charge is 2.34. The van der Waals surface area contributed by atoms with Crippen LogP contribution in [0.4, 0.5) is 16.0 Å². The van der Waals surface area contributed by atoms with Gasteiger partial charge in [0.2, 0.25) is 5.95 Å². The van der Waals surface area contributed by atoms with Gasteiger partial charge in [-0.3, -0.25) is 9.36 Å². The summed E-state index contributed by atoms with van der Waals surface area (Å²) in [7, 11) is 2.97. The van der Waals surface area contributed by atoms with Gasteiger partial charge in [0.15, 0.2) is 0 Å². The van der Waals surface area contributed by atoms with E-state index >= 15 is 0 Å². The topological polar surface area (TPSA) is 77.4 Å². The third kappa shape index (κ3) is 3.95. The Morgan fingerprint density at radius 1 is 1.09 bits per heavy atom. The van der Waals surface area contributed by atoms with Crippen molar-refractivity contribution in [2.45, 2.75) is 13.0 Å². The first-order valence-corrected chi connectivity index (χ1v) is 11.2. The van der Waals surface area contributed by atoms with Crippen LogP contribution in [0.15, 0.2) is 71.9 Å². The van der Waals surface area contributed by atoms with Crippen LogP contribution in [0.5, 0.6) is 11.5 Å². The molecule has 1 aliphatic rings. The number of fused-ring (bicyclic) bond motifs is 3. The molecular weight excluding hydrogens is 471 g/mol. The average molecular weight is 493 g/mol. The van der Waals surface area contributed by atoms with Crippen LogP contribution in [0.1, 0.15) is 18.5 Å². The molecule has 0 saturated heterocycles. The van der Waals surface area contributed by atoms with Gasteiger partial charge in [0.25, 0.3) is 5.91 Å². The molecule has 0 unspecified atom stereocenters. The number of anilines is 2. The average Bonchev–Trinajstić information content (AvgIpc) is 3.21. The monoisotopic (exact) mass is 492 g/mol. The molecule has 1 aliphatic heterocycles. The van der Waals surface area contributed by atoms with Crippen molar-refractivity contribution in [2.24, 2.45) is 0 Å². The number of rotatable bonds is 5. The number of allylic oxidation sites excluding steroid dienone is 1. The first-order chi connectivity index (χ1) is 16.9. The molecular formula is C26H22ClFN4O3. The summed E-state index contributed by atoms with van der Waals surface area (Å²) in [5.41, 5.74) is 3.57. The molecule has 3 aromatic carbocycles. The number of nitrogens with zero attached hydrogens (tertiary/aromatic N) is 2.